The maximum atomic E-state index is 12.6. The zero-order valence-corrected chi connectivity index (χ0v) is 14.8. The molecule has 2 heterocycles. The monoisotopic (exact) mass is 365 g/mol. The molecule has 1 aliphatic rings. The van der Waals surface area contributed by atoms with Crippen LogP contribution in [0.1, 0.15) is 38.7 Å². The lowest BCUT2D eigenvalue weighted by Crippen LogP contribution is -2.31. The lowest BCUT2D eigenvalue weighted by molar-refractivity contribution is 0.280. The van der Waals surface area contributed by atoms with Gasteiger partial charge in [0.25, 0.3) is 10.0 Å². The Morgan fingerprint density at radius 3 is 2.47 bits per heavy atom. The van der Waals surface area contributed by atoms with Gasteiger partial charge in [-0.25, -0.2) is 8.42 Å². The van der Waals surface area contributed by atoms with Crippen molar-refractivity contribution in [1.82, 2.24) is 4.31 Å². The maximum Gasteiger partial charge on any atom is 0.252 e. The molecule has 1 aromatic heterocycles. The second-order valence-corrected chi connectivity index (χ2v) is 9.85. The summed E-state index contributed by atoms with van der Waals surface area (Å²) in [6.45, 7) is 7.55. The van der Waals surface area contributed by atoms with Gasteiger partial charge in [0, 0.05) is 13.1 Å². The maximum absolute atomic E-state index is 12.6. The Hall–Kier alpha value is 0.0900. The van der Waals surface area contributed by atoms with Crippen molar-refractivity contribution >= 4 is 37.3 Å². The molecule has 0 aromatic carbocycles. The third-order valence-corrected chi connectivity index (χ3v) is 8.76. The Morgan fingerprint density at radius 2 is 2.05 bits per heavy atom. The van der Waals surface area contributed by atoms with Crippen LogP contribution in [0.4, 0.5) is 0 Å². The van der Waals surface area contributed by atoms with E-state index in [0.29, 0.717) is 17.3 Å². The van der Waals surface area contributed by atoms with Gasteiger partial charge >= 0.3 is 0 Å². The van der Waals surface area contributed by atoms with Gasteiger partial charge < -0.3 is 0 Å². The highest BCUT2D eigenvalue weighted by Crippen LogP contribution is 2.41. The van der Waals surface area contributed by atoms with E-state index >= 15 is 0 Å². The lowest BCUT2D eigenvalue weighted by Gasteiger charge is -2.26. The van der Waals surface area contributed by atoms with E-state index < -0.39 is 10.0 Å². The van der Waals surface area contributed by atoms with Crippen LogP contribution in [0.2, 0.25) is 0 Å². The summed E-state index contributed by atoms with van der Waals surface area (Å²) in [5.41, 5.74) is 1.16. The van der Waals surface area contributed by atoms with Crippen molar-refractivity contribution in [2.24, 2.45) is 5.41 Å². The molecule has 0 atom stereocenters. The molecule has 0 spiro atoms. The van der Waals surface area contributed by atoms with Gasteiger partial charge in [0.2, 0.25) is 0 Å². The molecule has 0 amide bonds. The van der Waals surface area contributed by atoms with E-state index in [1.54, 1.807) is 10.4 Å². The van der Waals surface area contributed by atoms with Crippen LogP contribution in [-0.2, 0) is 10.0 Å². The summed E-state index contributed by atoms with van der Waals surface area (Å²) in [4.78, 5) is 0. The van der Waals surface area contributed by atoms with Crippen LogP contribution in [0.15, 0.2) is 14.1 Å². The highest BCUT2D eigenvalue weighted by Gasteiger charge is 2.41. The second-order valence-electron chi connectivity index (χ2n) is 5.32. The zero-order valence-electron chi connectivity index (χ0n) is 11.6. The van der Waals surface area contributed by atoms with E-state index in [9.17, 15) is 8.42 Å². The quantitative estimate of drug-likeness (QED) is 0.807. The van der Waals surface area contributed by atoms with Gasteiger partial charge in [-0.15, -0.1) is 11.3 Å². The van der Waals surface area contributed by atoms with Crippen LogP contribution in [0.25, 0.3) is 0 Å². The van der Waals surface area contributed by atoms with Crippen molar-refractivity contribution in [3.05, 3.63) is 15.4 Å². The first-order valence-corrected chi connectivity index (χ1v) is 9.66. The van der Waals surface area contributed by atoms with Gasteiger partial charge in [0.15, 0.2) is 0 Å². The van der Waals surface area contributed by atoms with Crippen LogP contribution in [0, 0.1) is 12.3 Å². The van der Waals surface area contributed by atoms with Crippen LogP contribution < -0.4 is 0 Å². The smallest absolute Gasteiger partial charge is 0.206 e. The summed E-state index contributed by atoms with van der Waals surface area (Å²) in [7, 11) is -3.31. The van der Waals surface area contributed by atoms with Crippen LogP contribution in [-0.4, -0.2) is 25.8 Å². The first-order valence-electron chi connectivity index (χ1n) is 6.61. The highest BCUT2D eigenvalue weighted by atomic mass is 79.9. The Kier molecular flexibility index (Phi) is 4.45. The average molecular weight is 366 g/mol. The predicted octanol–water partition coefficient (Wildman–Crippen LogP) is 4.02. The van der Waals surface area contributed by atoms with Crippen molar-refractivity contribution in [3.8, 4) is 0 Å². The van der Waals surface area contributed by atoms with E-state index in [1.165, 1.54) is 11.3 Å². The highest BCUT2D eigenvalue weighted by molar-refractivity contribution is 9.11. The molecule has 0 aliphatic carbocycles. The Balaban J connectivity index is 2.27. The van der Waals surface area contributed by atoms with Crippen molar-refractivity contribution in [3.63, 3.8) is 0 Å². The Morgan fingerprint density at radius 1 is 1.42 bits per heavy atom. The minimum absolute atomic E-state index is 0.177. The normalized spacial score (nSPS) is 20.0. The molecule has 1 aromatic rings. The molecule has 0 unspecified atom stereocenters. The molecule has 19 heavy (non-hydrogen) atoms. The van der Waals surface area contributed by atoms with Crippen molar-refractivity contribution in [2.45, 2.75) is 44.2 Å². The lowest BCUT2D eigenvalue weighted by atomic mass is 9.82. The molecular formula is C13H20BrNO2S2. The molecule has 2 rings (SSSR count). The summed E-state index contributed by atoms with van der Waals surface area (Å²) in [5.74, 6) is 0. The van der Waals surface area contributed by atoms with Gasteiger partial charge in [-0.3, -0.25) is 0 Å². The molecule has 6 heteroatoms. The number of aryl methyl sites for hydroxylation is 1. The fourth-order valence-corrected chi connectivity index (χ4v) is 6.55. The number of hydrogen-bond donors (Lipinski definition) is 0. The number of thiophene rings is 1. The average Bonchev–Trinajstić information content (AvgIpc) is 2.96. The van der Waals surface area contributed by atoms with Crippen LogP contribution in [0.3, 0.4) is 0 Å². The van der Waals surface area contributed by atoms with Gasteiger partial charge in [-0.1, -0.05) is 13.8 Å². The summed E-state index contributed by atoms with van der Waals surface area (Å²) in [6, 6.07) is 1.77. The van der Waals surface area contributed by atoms with Gasteiger partial charge in [0.05, 0.1) is 3.79 Å². The number of hydrogen-bond acceptors (Lipinski definition) is 3. The Bertz CT molecular complexity index is 542. The largest absolute Gasteiger partial charge is 0.252 e. The molecule has 3 nitrogen and oxygen atoms in total. The van der Waals surface area contributed by atoms with Crippen LogP contribution in [0.5, 0.6) is 0 Å². The Labute approximate surface area is 128 Å². The third kappa shape index (κ3) is 2.77. The van der Waals surface area contributed by atoms with Crippen molar-refractivity contribution in [2.75, 3.05) is 13.1 Å². The molecule has 0 saturated carbocycles. The standard InChI is InChI=1S/C13H20BrNO2S2/c1-4-13(5-2)6-7-15(9-13)19(16,17)11-8-10(3)12(14)18-11/h8H,4-7,9H2,1-3H3. The summed E-state index contributed by atoms with van der Waals surface area (Å²) < 4.78 is 28.3. The molecule has 0 N–H and O–H groups in total. The number of nitrogens with zero attached hydrogens (tertiary/aromatic N) is 1. The zero-order chi connectivity index (χ0) is 14.3. The topological polar surface area (TPSA) is 37.4 Å². The molecule has 1 aliphatic heterocycles. The molecule has 0 bridgehead atoms. The number of sulfonamides is 1. The summed E-state index contributed by atoms with van der Waals surface area (Å²) in [5, 5.41) is 0. The molecule has 0 radical (unpaired) electrons. The van der Waals surface area contributed by atoms with E-state index in [1.807, 2.05) is 6.92 Å². The number of halogens is 1. The van der Waals surface area contributed by atoms with Gasteiger partial charge in [0.1, 0.15) is 4.21 Å². The minimum atomic E-state index is -3.31. The fourth-order valence-electron chi connectivity index (χ4n) is 2.61. The fraction of sp³-hybridized carbons (Fsp3) is 0.692. The van der Waals surface area contributed by atoms with E-state index in [0.717, 1.165) is 28.6 Å². The minimum Gasteiger partial charge on any atom is -0.206 e. The SMILES string of the molecule is CCC1(CC)CCN(S(=O)(=O)c2cc(C)c(Br)s2)C1. The summed E-state index contributed by atoms with van der Waals surface area (Å²) in [6.07, 6.45) is 3.07. The van der Waals surface area contributed by atoms with E-state index in [4.69, 9.17) is 0 Å². The molecular weight excluding hydrogens is 346 g/mol. The molecule has 1 fully saturated rings. The van der Waals surface area contributed by atoms with Crippen LogP contribution >= 0.6 is 27.3 Å². The van der Waals surface area contributed by atoms with Crippen molar-refractivity contribution < 1.29 is 8.42 Å². The predicted molar refractivity (Wildman–Crippen MR) is 83.1 cm³/mol. The first-order chi connectivity index (χ1) is 8.84. The third-order valence-electron chi connectivity index (χ3n) is 4.33. The molecule has 1 saturated heterocycles. The summed E-state index contributed by atoms with van der Waals surface area (Å²) >= 11 is 4.71. The first kappa shape index (κ1) is 15.5. The van der Waals surface area contributed by atoms with E-state index in [-0.39, 0.29) is 5.41 Å². The number of rotatable bonds is 4. The van der Waals surface area contributed by atoms with Crippen molar-refractivity contribution in [1.29, 1.82) is 0 Å². The van der Waals surface area contributed by atoms with Gasteiger partial charge in [-0.05, 0) is 59.2 Å². The molecule has 108 valence electrons. The van der Waals surface area contributed by atoms with E-state index in [2.05, 4.69) is 29.8 Å². The van der Waals surface area contributed by atoms with Gasteiger partial charge in [-0.2, -0.15) is 4.31 Å². The second kappa shape index (κ2) is 5.47.